The maximum Gasteiger partial charge on any atom is 0.243 e. The van der Waals surface area contributed by atoms with Crippen LogP contribution in [0.2, 0.25) is 0 Å². The van der Waals surface area contributed by atoms with Gasteiger partial charge in [-0.25, -0.2) is 13.4 Å². The van der Waals surface area contributed by atoms with E-state index in [-0.39, 0.29) is 37.2 Å². The molecule has 0 spiro atoms. The minimum atomic E-state index is -3.44. The van der Waals surface area contributed by atoms with Crippen molar-refractivity contribution in [2.75, 3.05) is 64.3 Å². The second kappa shape index (κ2) is 13.3. The lowest BCUT2D eigenvalue weighted by molar-refractivity contribution is 0.209. The fourth-order valence-electron chi connectivity index (χ4n) is 4.21. The Labute approximate surface area is 222 Å². The second-order valence-electron chi connectivity index (χ2n) is 8.75. The number of pyridine rings is 1. The van der Waals surface area contributed by atoms with E-state index >= 15 is 0 Å². The van der Waals surface area contributed by atoms with E-state index in [9.17, 15) is 8.42 Å². The fraction of sp³-hybridized carbons (Fsp3) is 0.522. The van der Waals surface area contributed by atoms with Crippen LogP contribution in [-0.2, 0) is 10.0 Å². The molecule has 2 aromatic rings. The van der Waals surface area contributed by atoms with Crippen molar-refractivity contribution in [3.63, 3.8) is 0 Å². The molecule has 1 aromatic carbocycles. The third-order valence-corrected chi connectivity index (χ3v) is 8.32. The number of hydrogen-bond donors (Lipinski definition) is 0. The summed E-state index contributed by atoms with van der Waals surface area (Å²) >= 11 is 0. The third kappa shape index (κ3) is 6.97. The van der Waals surface area contributed by atoms with Crippen molar-refractivity contribution in [2.45, 2.75) is 24.8 Å². The summed E-state index contributed by atoms with van der Waals surface area (Å²) in [5.74, 6) is 1.00. The largest absolute Gasteiger partial charge is 0.354 e. The molecule has 0 radical (unpaired) electrons. The first-order valence-electron chi connectivity index (χ1n) is 11.1. The van der Waals surface area contributed by atoms with Gasteiger partial charge in [0.15, 0.2) is 0 Å². The van der Waals surface area contributed by atoms with Crippen LogP contribution in [-0.4, -0.2) is 93.0 Å². The lowest BCUT2D eigenvalue weighted by Crippen LogP contribution is -2.49. The van der Waals surface area contributed by atoms with Gasteiger partial charge in [0.25, 0.3) is 0 Å². The van der Waals surface area contributed by atoms with Crippen molar-refractivity contribution < 1.29 is 8.42 Å². The van der Waals surface area contributed by atoms with E-state index in [1.54, 1.807) is 16.4 Å². The number of sulfonamides is 1. The quantitative estimate of drug-likeness (QED) is 0.566. The first-order valence-corrected chi connectivity index (χ1v) is 12.5. The number of piperazine rings is 2. The average molecular weight is 553 g/mol. The Balaban J connectivity index is 0.00000193. The van der Waals surface area contributed by atoms with Gasteiger partial charge in [-0.3, -0.25) is 4.90 Å². The third-order valence-electron chi connectivity index (χ3n) is 6.40. The molecule has 0 bridgehead atoms. The number of aromatic nitrogens is 1. The number of likely N-dealkylation sites (N-methyl/N-ethyl adjacent to an activating group) is 1. The highest BCUT2D eigenvalue weighted by atomic mass is 35.5. The SMILES string of the molecule is CC(C)N1CCN(c2ccc(-c3ccc(S(=O)(=O)N4CCN(C)CC4)cc3)cn2)CC1.Cl.Cl.Cl. The smallest absolute Gasteiger partial charge is 0.243 e. The Morgan fingerprint density at radius 3 is 1.82 bits per heavy atom. The molecular weight excluding hydrogens is 517 g/mol. The fourth-order valence-corrected chi connectivity index (χ4v) is 5.63. The first-order chi connectivity index (χ1) is 14.8. The van der Waals surface area contributed by atoms with Gasteiger partial charge in [-0.2, -0.15) is 4.31 Å². The molecule has 11 heteroatoms. The summed E-state index contributed by atoms with van der Waals surface area (Å²) in [6.07, 6.45) is 1.88. The Bertz CT molecular complexity index is 975. The molecule has 2 saturated heterocycles. The lowest BCUT2D eigenvalue weighted by Gasteiger charge is -2.37. The topological polar surface area (TPSA) is 60.0 Å². The number of benzene rings is 1. The Morgan fingerprint density at radius 1 is 0.765 bits per heavy atom. The Morgan fingerprint density at radius 2 is 1.32 bits per heavy atom. The lowest BCUT2D eigenvalue weighted by atomic mass is 10.1. The van der Waals surface area contributed by atoms with E-state index in [1.807, 2.05) is 25.4 Å². The maximum atomic E-state index is 12.9. The van der Waals surface area contributed by atoms with Crippen LogP contribution in [0.1, 0.15) is 13.8 Å². The van der Waals surface area contributed by atoms with Crippen molar-refractivity contribution in [1.82, 2.24) is 19.1 Å². The van der Waals surface area contributed by atoms with Crippen LogP contribution < -0.4 is 4.90 Å². The van der Waals surface area contributed by atoms with Gasteiger partial charge in [0.2, 0.25) is 10.0 Å². The summed E-state index contributed by atoms with van der Waals surface area (Å²) in [6, 6.07) is 11.9. The molecule has 0 N–H and O–H groups in total. The molecule has 0 amide bonds. The van der Waals surface area contributed by atoms with Gasteiger partial charge >= 0.3 is 0 Å². The maximum absolute atomic E-state index is 12.9. The summed E-state index contributed by atoms with van der Waals surface area (Å²) in [5.41, 5.74) is 1.97. The van der Waals surface area contributed by atoms with Crippen LogP contribution >= 0.6 is 37.2 Å². The van der Waals surface area contributed by atoms with Gasteiger partial charge in [0, 0.05) is 70.2 Å². The Kier molecular flexibility index (Phi) is 12.0. The summed E-state index contributed by atoms with van der Waals surface area (Å²) in [5, 5.41) is 0. The molecule has 7 nitrogen and oxygen atoms in total. The summed E-state index contributed by atoms with van der Waals surface area (Å²) in [6.45, 7) is 11.2. The molecule has 0 saturated carbocycles. The normalized spacial score (nSPS) is 18.1. The first kappa shape index (κ1) is 30.9. The zero-order valence-electron chi connectivity index (χ0n) is 20.0. The number of rotatable bonds is 5. The van der Waals surface area contributed by atoms with Crippen molar-refractivity contribution in [1.29, 1.82) is 0 Å². The van der Waals surface area contributed by atoms with E-state index in [2.05, 4.69) is 45.7 Å². The van der Waals surface area contributed by atoms with Crippen LogP contribution in [0.3, 0.4) is 0 Å². The zero-order chi connectivity index (χ0) is 22.0. The number of hydrogen-bond acceptors (Lipinski definition) is 6. The van der Waals surface area contributed by atoms with Crippen LogP contribution in [0.4, 0.5) is 5.82 Å². The van der Waals surface area contributed by atoms with Crippen LogP contribution in [0.15, 0.2) is 47.5 Å². The number of nitrogens with zero attached hydrogens (tertiary/aromatic N) is 5. The molecule has 4 rings (SSSR count). The molecule has 34 heavy (non-hydrogen) atoms. The monoisotopic (exact) mass is 551 g/mol. The van der Waals surface area contributed by atoms with Gasteiger partial charge in [-0.05, 0) is 50.7 Å². The van der Waals surface area contributed by atoms with Crippen molar-refractivity contribution in [2.24, 2.45) is 0 Å². The van der Waals surface area contributed by atoms with E-state index in [4.69, 9.17) is 0 Å². The molecule has 0 aliphatic carbocycles. The van der Waals surface area contributed by atoms with Crippen molar-refractivity contribution >= 4 is 53.1 Å². The van der Waals surface area contributed by atoms with Gasteiger partial charge in [0.05, 0.1) is 4.90 Å². The molecule has 0 unspecified atom stereocenters. The minimum Gasteiger partial charge on any atom is -0.354 e. The highest BCUT2D eigenvalue weighted by molar-refractivity contribution is 7.89. The predicted octanol–water partition coefficient (Wildman–Crippen LogP) is 3.48. The highest BCUT2D eigenvalue weighted by Crippen LogP contribution is 2.25. The summed E-state index contributed by atoms with van der Waals surface area (Å²) < 4.78 is 27.4. The van der Waals surface area contributed by atoms with Gasteiger partial charge in [-0.15, -0.1) is 37.2 Å². The molecule has 3 heterocycles. The minimum absolute atomic E-state index is 0. The average Bonchev–Trinajstić information content (AvgIpc) is 2.80. The van der Waals surface area contributed by atoms with Crippen LogP contribution in [0, 0.1) is 0 Å². The molecule has 2 aliphatic rings. The number of anilines is 1. The molecular formula is C23H36Cl3N5O2S. The van der Waals surface area contributed by atoms with Gasteiger partial charge in [-0.1, -0.05) is 12.1 Å². The second-order valence-corrected chi connectivity index (χ2v) is 10.7. The number of halogens is 3. The summed E-state index contributed by atoms with van der Waals surface area (Å²) in [4.78, 5) is 12.0. The molecule has 192 valence electrons. The van der Waals surface area contributed by atoms with E-state index in [0.29, 0.717) is 24.0 Å². The summed E-state index contributed by atoms with van der Waals surface area (Å²) in [7, 11) is -1.42. The molecule has 1 aromatic heterocycles. The molecule has 2 fully saturated rings. The molecule has 0 atom stereocenters. The van der Waals surface area contributed by atoms with Gasteiger partial charge in [0.1, 0.15) is 5.82 Å². The van der Waals surface area contributed by atoms with E-state index in [1.165, 1.54) is 0 Å². The Hall–Kier alpha value is -1.13. The van der Waals surface area contributed by atoms with Crippen molar-refractivity contribution in [3.8, 4) is 11.1 Å². The van der Waals surface area contributed by atoms with Crippen molar-refractivity contribution in [3.05, 3.63) is 42.6 Å². The van der Waals surface area contributed by atoms with Crippen LogP contribution in [0.5, 0.6) is 0 Å². The standard InChI is InChI=1S/C23H33N5O2S.3ClH/c1-19(2)26-12-14-27(15-13-26)23-9-6-21(18-24-23)20-4-7-22(8-5-20)31(29,30)28-16-10-25(3)11-17-28;;;/h4-9,18-19H,10-17H2,1-3H3;3*1H. The van der Waals surface area contributed by atoms with E-state index < -0.39 is 10.0 Å². The highest BCUT2D eigenvalue weighted by Gasteiger charge is 2.27. The van der Waals surface area contributed by atoms with E-state index in [0.717, 1.165) is 56.2 Å². The predicted molar refractivity (Wildman–Crippen MR) is 147 cm³/mol. The zero-order valence-corrected chi connectivity index (χ0v) is 23.2. The van der Waals surface area contributed by atoms with Crippen LogP contribution in [0.25, 0.3) is 11.1 Å². The van der Waals surface area contributed by atoms with Gasteiger partial charge < -0.3 is 9.80 Å². The molecule has 2 aliphatic heterocycles.